The second-order valence-electron chi connectivity index (χ2n) is 15.3. The summed E-state index contributed by atoms with van der Waals surface area (Å²) >= 11 is 5.26. The van der Waals surface area contributed by atoms with Crippen LogP contribution in [0, 0.1) is 35.5 Å². The molecular formula is C35H42BrN5S. The van der Waals surface area contributed by atoms with Gasteiger partial charge in [-0.2, -0.15) is 0 Å². The summed E-state index contributed by atoms with van der Waals surface area (Å²) in [6, 6.07) is 7.09. The Kier molecular flexibility index (Phi) is 6.48. The monoisotopic (exact) mass is 643 g/mol. The lowest BCUT2D eigenvalue weighted by Crippen LogP contribution is -2.60. The van der Waals surface area contributed by atoms with Gasteiger partial charge in [-0.1, -0.05) is 6.07 Å². The number of hydrogen-bond donors (Lipinski definition) is 2. The van der Waals surface area contributed by atoms with Gasteiger partial charge < -0.3 is 10.6 Å². The van der Waals surface area contributed by atoms with Crippen LogP contribution in [0.15, 0.2) is 46.9 Å². The second kappa shape index (κ2) is 10.2. The van der Waals surface area contributed by atoms with E-state index in [1.165, 1.54) is 86.6 Å². The first kappa shape index (κ1) is 26.7. The van der Waals surface area contributed by atoms with Gasteiger partial charge in [0.15, 0.2) is 4.73 Å². The van der Waals surface area contributed by atoms with Crippen LogP contribution in [0.1, 0.15) is 93.2 Å². The summed E-state index contributed by atoms with van der Waals surface area (Å²) in [7, 11) is 0. The Bertz CT molecular complexity index is 1400. The molecule has 8 fully saturated rings. The van der Waals surface area contributed by atoms with E-state index in [-0.39, 0.29) is 0 Å². The van der Waals surface area contributed by atoms with Gasteiger partial charge >= 0.3 is 0 Å². The van der Waals surface area contributed by atoms with Crippen molar-refractivity contribution in [3.05, 3.63) is 63.6 Å². The molecule has 220 valence electrons. The molecule has 2 unspecified atom stereocenters. The molecule has 3 aromatic rings. The van der Waals surface area contributed by atoms with Crippen molar-refractivity contribution in [1.29, 1.82) is 0 Å². The molecule has 0 saturated heterocycles. The number of thiophene rings is 1. The number of pyridine rings is 1. The standard InChI is InChI=1S/C35H42BrN5S/c36-33-38-16-26(17-39-33)19-41-35-12-25-6-27(13-35)32(28(7-25)14-35)29-8-31(42-20-29)30-2-1-21(15-37-30)18-40-34-9-22-3-23(10-34)5-24(4-22)11-34/h1-2,8,15-17,20,22-25,27-28,32,40-41H,3-7,9-14,18-19H2. The minimum atomic E-state index is 0.292. The molecule has 3 aromatic heterocycles. The second-order valence-corrected chi connectivity index (χ2v) is 17.0. The van der Waals surface area contributed by atoms with Gasteiger partial charge in [-0.25, -0.2) is 9.97 Å². The van der Waals surface area contributed by atoms with Gasteiger partial charge in [-0.3, -0.25) is 4.98 Å². The molecule has 5 nitrogen and oxygen atoms in total. The van der Waals surface area contributed by atoms with Gasteiger partial charge in [0, 0.05) is 48.3 Å². The number of rotatable bonds is 8. The van der Waals surface area contributed by atoms with Crippen LogP contribution in [0.25, 0.3) is 10.6 Å². The fourth-order valence-corrected chi connectivity index (χ4v) is 12.6. The molecule has 8 saturated carbocycles. The molecule has 0 aromatic carbocycles. The maximum atomic E-state index is 4.98. The average Bonchev–Trinajstić information content (AvgIpc) is 3.45. The van der Waals surface area contributed by atoms with Crippen molar-refractivity contribution in [1.82, 2.24) is 25.6 Å². The van der Waals surface area contributed by atoms with E-state index in [4.69, 9.17) is 4.98 Å². The molecule has 8 aliphatic rings. The molecule has 2 N–H and O–H groups in total. The first-order valence-corrected chi connectivity index (χ1v) is 18.2. The highest BCUT2D eigenvalue weighted by Crippen LogP contribution is 2.62. The molecule has 0 aliphatic heterocycles. The quantitative estimate of drug-likeness (QED) is 0.245. The van der Waals surface area contributed by atoms with Gasteiger partial charge in [0.2, 0.25) is 0 Å². The third-order valence-electron chi connectivity index (χ3n) is 12.4. The molecule has 42 heavy (non-hydrogen) atoms. The van der Waals surface area contributed by atoms with E-state index in [2.05, 4.69) is 66.3 Å². The van der Waals surface area contributed by atoms with Crippen molar-refractivity contribution >= 4 is 27.3 Å². The highest BCUT2D eigenvalue weighted by molar-refractivity contribution is 9.10. The van der Waals surface area contributed by atoms with Crippen LogP contribution < -0.4 is 10.6 Å². The zero-order chi connectivity index (χ0) is 27.9. The Morgan fingerprint density at radius 2 is 1.29 bits per heavy atom. The first-order valence-electron chi connectivity index (χ1n) is 16.5. The maximum Gasteiger partial charge on any atom is 0.196 e. The van der Waals surface area contributed by atoms with Crippen molar-refractivity contribution < 1.29 is 0 Å². The summed E-state index contributed by atoms with van der Waals surface area (Å²) in [4.78, 5) is 15.0. The Balaban J connectivity index is 0.856. The number of nitrogens with zero attached hydrogens (tertiary/aromatic N) is 3. The van der Waals surface area contributed by atoms with Crippen LogP contribution in [0.2, 0.25) is 0 Å². The average molecular weight is 645 g/mol. The molecule has 0 amide bonds. The van der Waals surface area contributed by atoms with Gasteiger partial charge in [0.05, 0.1) is 10.6 Å². The van der Waals surface area contributed by atoms with E-state index >= 15 is 0 Å². The summed E-state index contributed by atoms with van der Waals surface area (Å²) in [6.45, 7) is 1.83. The van der Waals surface area contributed by atoms with Crippen LogP contribution in [0.3, 0.4) is 0 Å². The Labute approximate surface area is 262 Å². The third-order valence-corrected chi connectivity index (χ3v) is 13.8. The predicted octanol–water partition coefficient (Wildman–Crippen LogP) is 7.87. The highest BCUT2D eigenvalue weighted by atomic mass is 79.9. The minimum absolute atomic E-state index is 0.292. The molecular weight excluding hydrogens is 602 g/mol. The molecule has 11 rings (SSSR count). The van der Waals surface area contributed by atoms with Crippen molar-refractivity contribution in [2.75, 3.05) is 0 Å². The van der Waals surface area contributed by atoms with Gasteiger partial charge in [0.25, 0.3) is 0 Å². The maximum absolute atomic E-state index is 4.98. The van der Waals surface area contributed by atoms with Crippen molar-refractivity contribution in [2.24, 2.45) is 35.5 Å². The van der Waals surface area contributed by atoms with E-state index in [0.717, 1.165) is 54.3 Å². The fourth-order valence-electron chi connectivity index (χ4n) is 11.5. The smallest absolute Gasteiger partial charge is 0.196 e. The Morgan fingerprint density at radius 1 is 0.714 bits per heavy atom. The largest absolute Gasteiger partial charge is 0.307 e. The predicted molar refractivity (Wildman–Crippen MR) is 171 cm³/mol. The number of aromatic nitrogens is 3. The number of hydrogen-bond acceptors (Lipinski definition) is 6. The Hall–Kier alpha value is -1.67. The molecule has 8 aliphatic carbocycles. The summed E-state index contributed by atoms with van der Waals surface area (Å²) in [5.74, 6) is 6.13. The van der Waals surface area contributed by atoms with Crippen LogP contribution >= 0.6 is 27.3 Å². The zero-order valence-electron chi connectivity index (χ0n) is 24.4. The summed E-state index contributed by atoms with van der Waals surface area (Å²) < 4.78 is 0.662. The zero-order valence-corrected chi connectivity index (χ0v) is 26.8. The van der Waals surface area contributed by atoms with E-state index in [1.54, 1.807) is 5.56 Å². The van der Waals surface area contributed by atoms with Crippen molar-refractivity contribution in [2.45, 2.75) is 101 Å². The van der Waals surface area contributed by atoms with Crippen LogP contribution in [-0.4, -0.2) is 26.0 Å². The summed E-state index contributed by atoms with van der Waals surface area (Å²) in [6.07, 6.45) is 21.5. The molecule has 0 spiro atoms. The van der Waals surface area contributed by atoms with E-state index in [1.807, 2.05) is 23.7 Å². The fraction of sp³-hybridized carbons (Fsp3) is 0.629. The summed E-state index contributed by atoms with van der Waals surface area (Å²) in [5.41, 5.74) is 5.93. The SMILES string of the molecule is Brc1ncc(CNC23CC4CC(C2)C(c2csc(-c5ccc(CNC67CC8CC(CC(C8)C6)C7)cn5)c2)C(C4)C3)cn1. The van der Waals surface area contributed by atoms with E-state index in [0.29, 0.717) is 21.7 Å². The highest BCUT2D eigenvalue weighted by Gasteiger charge is 2.55. The lowest BCUT2D eigenvalue weighted by Gasteiger charge is -2.60. The summed E-state index contributed by atoms with van der Waals surface area (Å²) in [5, 5.41) is 10.5. The Morgan fingerprint density at radius 3 is 1.90 bits per heavy atom. The topological polar surface area (TPSA) is 62.7 Å². The van der Waals surface area contributed by atoms with E-state index < -0.39 is 0 Å². The molecule has 0 radical (unpaired) electrons. The number of nitrogens with one attached hydrogen (secondary N) is 2. The third kappa shape index (κ3) is 4.81. The first-order chi connectivity index (χ1) is 20.5. The molecule has 2 atom stereocenters. The number of halogens is 1. The van der Waals surface area contributed by atoms with Crippen LogP contribution in [0.4, 0.5) is 0 Å². The lowest BCUT2D eigenvalue weighted by molar-refractivity contribution is -0.0390. The normalized spacial score (nSPS) is 39.3. The van der Waals surface area contributed by atoms with E-state index in [9.17, 15) is 0 Å². The molecule has 3 heterocycles. The van der Waals surface area contributed by atoms with Crippen molar-refractivity contribution in [3.8, 4) is 10.6 Å². The van der Waals surface area contributed by atoms with Crippen molar-refractivity contribution in [3.63, 3.8) is 0 Å². The van der Waals surface area contributed by atoms with Gasteiger partial charge in [-0.15, -0.1) is 11.3 Å². The van der Waals surface area contributed by atoms with Gasteiger partial charge in [-0.05, 0) is 157 Å². The van der Waals surface area contributed by atoms with Crippen LogP contribution in [0.5, 0.6) is 0 Å². The minimum Gasteiger partial charge on any atom is -0.307 e. The molecule has 8 bridgehead atoms. The van der Waals surface area contributed by atoms with Gasteiger partial charge in [0.1, 0.15) is 0 Å². The van der Waals surface area contributed by atoms with Crippen LogP contribution in [-0.2, 0) is 13.1 Å². The molecule has 7 heteroatoms. The lowest BCUT2D eigenvalue weighted by atomic mass is 9.48.